The van der Waals surface area contributed by atoms with Crippen molar-refractivity contribution in [1.29, 1.82) is 5.26 Å². The Kier molecular flexibility index (Phi) is 5.79. The maximum absolute atomic E-state index is 9.14. The maximum atomic E-state index is 9.14. The second kappa shape index (κ2) is 6.88. The lowest BCUT2D eigenvalue weighted by molar-refractivity contribution is 0.152. The Labute approximate surface area is 100 Å². The highest BCUT2D eigenvalue weighted by atomic mass is 15.1. The summed E-state index contributed by atoms with van der Waals surface area (Å²) in [5, 5.41) is 9.14. The molecule has 1 rings (SSSR count). The molecule has 3 nitrogen and oxygen atoms in total. The van der Waals surface area contributed by atoms with E-state index in [2.05, 4.69) is 37.0 Å². The van der Waals surface area contributed by atoms with Gasteiger partial charge in [0.15, 0.2) is 0 Å². The smallest absolute Gasteiger partial charge is 0.0672 e. The molecule has 2 atom stereocenters. The molecule has 0 aromatic heterocycles. The van der Waals surface area contributed by atoms with E-state index >= 15 is 0 Å². The van der Waals surface area contributed by atoms with Crippen molar-refractivity contribution in [2.75, 3.05) is 34.2 Å². The molecule has 2 unspecified atom stereocenters. The van der Waals surface area contributed by atoms with Gasteiger partial charge in [-0.1, -0.05) is 12.8 Å². The SMILES string of the molecule is CN(C)CCCN(C)C1CCCCC1C#N. The normalized spacial score (nSPS) is 26.0. The van der Waals surface area contributed by atoms with Gasteiger partial charge in [-0.15, -0.1) is 0 Å². The van der Waals surface area contributed by atoms with Crippen molar-refractivity contribution in [1.82, 2.24) is 9.80 Å². The third kappa shape index (κ3) is 4.11. The molecule has 1 saturated carbocycles. The van der Waals surface area contributed by atoms with E-state index in [9.17, 15) is 0 Å². The zero-order valence-electron chi connectivity index (χ0n) is 10.9. The Morgan fingerprint density at radius 1 is 1.12 bits per heavy atom. The minimum absolute atomic E-state index is 0.262. The number of hydrogen-bond acceptors (Lipinski definition) is 3. The molecule has 1 fully saturated rings. The fraction of sp³-hybridized carbons (Fsp3) is 0.923. The monoisotopic (exact) mass is 223 g/mol. The summed E-state index contributed by atoms with van der Waals surface area (Å²) in [7, 11) is 6.40. The highest BCUT2D eigenvalue weighted by molar-refractivity contribution is 4.95. The van der Waals surface area contributed by atoms with Crippen LogP contribution in [0.15, 0.2) is 0 Å². The molecule has 0 amide bonds. The summed E-state index contributed by atoms with van der Waals surface area (Å²) >= 11 is 0. The lowest BCUT2D eigenvalue weighted by Crippen LogP contribution is -2.40. The van der Waals surface area contributed by atoms with Crippen molar-refractivity contribution in [2.24, 2.45) is 5.92 Å². The summed E-state index contributed by atoms with van der Waals surface area (Å²) in [4.78, 5) is 4.62. The van der Waals surface area contributed by atoms with Crippen LogP contribution >= 0.6 is 0 Å². The van der Waals surface area contributed by atoms with Gasteiger partial charge in [0.2, 0.25) is 0 Å². The number of nitrogens with zero attached hydrogens (tertiary/aromatic N) is 3. The molecule has 0 aromatic carbocycles. The molecule has 0 spiro atoms. The van der Waals surface area contributed by atoms with Crippen LogP contribution in [0.4, 0.5) is 0 Å². The minimum atomic E-state index is 0.262. The molecular formula is C13H25N3. The van der Waals surface area contributed by atoms with Gasteiger partial charge in [-0.25, -0.2) is 0 Å². The maximum Gasteiger partial charge on any atom is 0.0672 e. The minimum Gasteiger partial charge on any atom is -0.309 e. The average Bonchev–Trinajstić information content (AvgIpc) is 2.28. The first-order valence-corrected chi connectivity index (χ1v) is 6.39. The Bertz CT molecular complexity index is 232. The van der Waals surface area contributed by atoms with Crippen LogP contribution in [0.1, 0.15) is 32.1 Å². The van der Waals surface area contributed by atoms with Crippen molar-refractivity contribution in [2.45, 2.75) is 38.1 Å². The lowest BCUT2D eigenvalue weighted by atomic mass is 9.84. The van der Waals surface area contributed by atoms with Crippen LogP contribution < -0.4 is 0 Å². The van der Waals surface area contributed by atoms with Crippen LogP contribution in [0.3, 0.4) is 0 Å². The van der Waals surface area contributed by atoms with Crippen LogP contribution in [0.25, 0.3) is 0 Å². The first-order chi connectivity index (χ1) is 7.65. The average molecular weight is 223 g/mol. The quantitative estimate of drug-likeness (QED) is 0.713. The highest BCUT2D eigenvalue weighted by Crippen LogP contribution is 2.27. The lowest BCUT2D eigenvalue weighted by Gasteiger charge is -2.34. The van der Waals surface area contributed by atoms with Crippen molar-refractivity contribution in [3.05, 3.63) is 0 Å². The fourth-order valence-corrected chi connectivity index (χ4v) is 2.59. The molecule has 1 aliphatic carbocycles. The number of hydrogen-bond donors (Lipinski definition) is 0. The van der Waals surface area contributed by atoms with Crippen LogP contribution in [-0.4, -0.2) is 50.1 Å². The van der Waals surface area contributed by atoms with Crippen molar-refractivity contribution >= 4 is 0 Å². The zero-order chi connectivity index (χ0) is 12.0. The molecule has 1 aliphatic rings. The summed E-state index contributed by atoms with van der Waals surface area (Å²) < 4.78 is 0. The van der Waals surface area contributed by atoms with Gasteiger partial charge in [0.05, 0.1) is 12.0 Å². The zero-order valence-corrected chi connectivity index (χ0v) is 10.9. The predicted octanol–water partition coefficient (Wildman–Crippen LogP) is 1.95. The third-order valence-electron chi connectivity index (χ3n) is 3.58. The Hall–Kier alpha value is -0.590. The molecule has 0 N–H and O–H groups in total. The molecule has 0 saturated heterocycles. The molecule has 3 heteroatoms. The second-order valence-electron chi connectivity index (χ2n) is 5.22. The molecule has 0 heterocycles. The molecule has 16 heavy (non-hydrogen) atoms. The topological polar surface area (TPSA) is 30.3 Å². The largest absolute Gasteiger partial charge is 0.309 e. The van der Waals surface area contributed by atoms with Crippen molar-refractivity contribution < 1.29 is 0 Å². The fourth-order valence-electron chi connectivity index (χ4n) is 2.59. The van der Waals surface area contributed by atoms with Crippen molar-refractivity contribution in [3.63, 3.8) is 0 Å². The van der Waals surface area contributed by atoms with Gasteiger partial charge < -0.3 is 9.80 Å². The van der Waals surface area contributed by atoms with E-state index in [0.29, 0.717) is 6.04 Å². The molecule has 0 radical (unpaired) electrons. The predicted molar refractivity (Wildman–Crippen MR) is 67.2 cm³/mol. The van der Waals surface area contributed by atoms with E-state index in [1.807, 2.05) is 0 Å². The number of rotatable bonds is 5. The molecule has 92 valence electrons. The molecule has 0 aliphatic heterocycles. The first-order valence-electron chi connectivity index (χ1n) is 6.39. The second-order valence-corrected chi connectivity index (χ2v) is 5.22. The van der Waals surface area contributed by atoms with E-state index in [4.69, 9.17) is 5.26 Å². The molecular weight excluding hydrogens is 198 g/mol. The van der Waals surface area contributed by atoms with Crippen LogP contribution in [-0.2, 0) is 0 Å². The summed E-state index contributed by atoms with van der Waals surface area (Å²) in [6.45, 7) is 2.25. The van der Waals surface area contributed by atoms with Crippen LogP contribution in [0.2, 0.25) is 0 Å². The summed E-state index contributed by atoms with van der Waals surface area (Å²) in [6.07, 6.45) is 6.02. The Morgan fingerprint density at radius 3 is 2.44 bits per heavy atom. The summed E-state index contributed by atoms with van der Waals surface area (Å²) in [6, 6.07) is 2.98. The van der Waals surface area contributed by atoms with Crippen LogP contribution in [0.5, 0.6) is 0 Å². The highest BCUT2D eigenvalue weighted by Gasteiger charge is 2.27. The van der Waals surface area contributed by atoms with E-state index in [-0.39, 0.29) is 5.92 Å². The third-order valence-corrected chi connectivity index (χ3v) is 3.58. The van der Waals surface area contributed by atoms with E-state index in [1.54, 1.807) is 0 Å². The summed E-state index contributed by atoms with van der Waals surface area (Å²) in [5.74, 6) is 0.262. The van der Waals surface area contributed by atoms with Crippen LogP contribution in [0, 0.1) is 17.2 Å². The van der Waals surface area contributed by atoms with Gasteiger partial charge in [-0.3, -0.25) is 0 Å². The number of nitriles is 1. The van der Waals surface area contributed by atoms with E-state index in [0.717, 1.165) is 19.5 Å². The molecule has 0 aromatic rings. The molecule has 0 bridgehead atoms. The van der Waals surface area contributed by atoms with Gasteiger partial charge >= 0.3 is 0 Å². The Morgan fingerprint density at radius 2 is 1.81 bits per heavy atom. The first kappa shape index (κ1) is 13.5. The Balaban J connectivity index is 2.33. The standard InChI is InChI=1S/C13H25N3/c1-15(2)9-6-10-16(3)13-8-5-4-7-12(13)11-14/h12-13H,4-10H2,1-3H3. The van der Waals surface area contributed by atoms with E-state index < -0.39 is 0 Å². The van der Waals surface area contributed by atoms with Gasteiger partial charge in [0.25, 0.3) is 0 Å². The van der Waals surface area contributed by atoms with Gasteiger partial charge in [-0.05, 0) is 53.5 Å². The van der Waals surface area contributed by atoms with Gasteiger partial charge in [0, 0.05) is 6.04 Å². The van der Waals surface area contributed by atoms with Gasteiger partial charge in [0.1, 0.15) is 0 Å². The summed E-state index contributed by atoms with van der Waals surface area (Å²) in [5.41, 5.74) is 0. The van der Waals surface area contributed by atoms with E-state index in [1.165, 1.54) is 25.7 Å². The van der Waals surface area contributed by atoms with Gasteiger partial charge in [-0.2, -0.15) is 5.26 Å². The van der Waals surface area contributed by atoms with Crippen molar-refractivity contribution in [3.8, 4) is 6.07 Å².